The van der Waals surface area contributed by atoms with Gasteiger partial charge in [-0.3, -0.25) is 4.79 Å². The van der Waals surface area contributed by atoms with Crippen LogP contribution in [0.15, 0.2) is 42.7 Å². The number of benzene rings is 1. The van der Waals surface area contributed by atoms with Gasteiger partial charge in [-0.2, -0.15) is 0 Å². The molecule has 1 atom stereocenters. The predicted molar refractivity (Wildman–Crippen MR) is 96.3 cm³/mol. The number of nitrogens with one attached hydrogen (secondary N) is 2. The van der Waals surface area contributed by atoms with Crippen LogP contribution in [-0.2, 0) is 4.79 Å². The maximum atomic E-state index is 12.2. The van der Waals surface area contributed by atoms with Crippen LogP contribution in [0.5, 0.6) is 0 Å². The van der Waals surface area contributed by atoms with E-state index in [9.17, 15) is 4.79 Å². The number of aromatic nitrogens is 2. The highest BCUT2D eigenvalue weighted by Crippen LogP contribution is 2.23. The van der Waals surface area contributed by atoms with Gasteiger partial charge in [-0.05, 0) is 44.0 Å². The van der Waals surface area contributed by atoms with Crippen LogP contribution < -0.4 is 15.5 Å². The zero-order valence-corrected chi connectivity index (χ0v) is 13.9. The van der Waals surface area contributed by atoms with E-state index in [1.165, 1.54) is 18.5 Å². The fraction of sp³-hybridized carbons (Fsp3) is 0.389. The summed E-state index contributed by atoms with van der Waals surface area (Å²) >= 11 is 0. The van der Waals surface area contributed by atoms with E-state index in [4.69, 9.17) is 0 Å². The molecule has 1 aromatic carbocycles. The van der Waals surface area contributed by atoms with Gasteiger partial charge in [-0.1, -0.05) is 6.07 Å². The lowest BCUT2D eigenvalue weighted by atomic mass is 10.2. The monoisotopic (exact) mass is 325 g/mol. The maximum Gasteiger partial charge on any atom is 0.226 e. The van der Waals surface area contributed by atoms with E-state index >= 15 is 0 Å². The largest absolute Gasteiger partial charge is 0.371 e. The Morgan fingerprint density at radius 2 is 1.96 bits per heavy atom. The average Bonchev–Trinajstić information content (AvgIpc) is 3.10. The van der Waals surface area contributed by atoms with Gasteiger partial charge < -0.3 is 15.5 Å². The van der Waals surface area contributed by atoms with Crippen molar-refractivity contribution in [1.82, 2.24) is 9.97 Å². The lowest BCUT2D eigenvalue weighted by Gasteiger charge is -2.19. The van der Waals surface area contributed by atoms with Crippen molar-refractivity contribution >= 4 is 23.2 Å². The normalized spacial score (nSPS) is 15.1. The molecule has 1 aliphatic heterocycles. The van der Waals surface area contributed by atoms with Gasteiger partial charge in [-0.15, -0.1) is 0 Å². The Balaban J connectivity index is 1.53. The third-order valence-electron chi connectivity index (χ3n) is 4.03. The van der Waals surface area contributed by atoms with Crippen molar-refractivity contribution in [2.45, 2.75) is 32.2 Å². The second kappa shape index (κ2) is 7.77. The second-order valence-electron chi connectivity index (χ2n) is 6.11. The topological polar surface area (TPSA) is 70.2 Å². The van der Waals surface area contributed by atoms with Crippen LogP contribution in [0.1, 0.15) is 26.2 Å². The van der Waals surface area contributed by atoms with Gasteiger partial charge in [-0.25, -0.2) is 9.97 Å². The number of anilines is 3. The zero-order valence-electron chi connectivity index (χ0n) is 13.9. The Hall–Kier alpha value is -2.63. The molecular weight excluding hydrogens is 302 g/mol. The third-order valence-corrected chi connectivity index (χ3v) is 4.03. The van der Waals surface area contributed by atoms with Gasteiger partial charge in [0.2, 0.25) is 11.9 Å². The van der Waals surface area contributed by atoms with Crippen molar-refractivity contribution in [3.63, 3.8) is 0 Å². The zero-order chi connectivity index (χ0) is 16.8. The molecule has 1 fully saturated rings. The molecule has 6 nitrogen and oxygen atoms in total. The molecule has 2 N–H and O–H groups in total. The van der Waals surface area contributed by atoms with E-state index < -0.39 is 0 Å². The van der Waals surface area contributed by atoms with Gasteiger partial charge in [0, 0.05) is 49.3 Å². The molecule has 0 unspecified atom stereocenters. The molecule has 24 heavy (non-hydrogen) atoms. The number of carbonyl (C=O) groups is 1. The molecule has 1 amide bonds. The van der Waals surface area contributed by atoms with Crippen molar-refractivity contribution in [3.8, 4) is 0 Å². The second-order valence-corrected chi connectivity index (χ2v) is 6.11. The van der Waals surface area contributed by atoms with E-state index in [1.54, 1.807) is 18.5 Å². The van der Waals surface area contributed by atoms with Crippen molar-refractivity contribution in [3.05, 3.63) is 42.7 Å². The number of hydrogen-bond donors (Lipinski definition) is 2. The van der Waals surface area contributed by atoms with E-state index in [2.05, 4.69) is 31.6 Å². The highest BCUT2D eigenvalue weighted by atomic mass is 16.1. The van der Waals surface area contributed by atoms with Crippen molar-refractivity contribution < 1.29 is 4.79 Å². The molecule has 3 rings (SSSR count). The lowest BCUT2D eigenvalue weighted by molar-refractivity contribution is -0.116. The summed E-state index contributed by atoms with van der Waals surface area (Å²) in [6.45, 7) is 4.13. The van der Waals surface area contributed by atoms with Crippen LogP contribution in [0.2, 0.25) is 0 Å². The third kappa shape index (κ3) is 4.44. The SMILES string of the molecule is C[C@@H](CC(=O)Nc1cccc(N2CCCC2)c1)Nc1ncccn1. The number of carbonyl (C=O) groups excluding carboxylic acids is 1. The quantitative estimate of drug-likeness (QED) is 0.854. The molecule has 1 saturated heterocycles. The van der Waals surface area contributed by atoms with E-state index in [0.29, 0.717) is 12.4 Å². The molecular formula is C18H23N5O. The Kier molecular flexibility index (Phi) is 5.25. The fourth-order valence-corrected chi connectivity index (χ4v) is 2.89. The number of hydrogen-bond acceptors (Lipinski definition) is 5. The molecule has 0 aliphatic carbocycles. The molecule has 2 heterocycles. The van der Waals surface area contributed by atoms with Crippen LogP contribution >= 0.6 is 0 Å². The van der Waals surface area contributed by atoms with Gasteiger partial charge in [0.1, 0.15) is 0 Å². The summed E-state index contributed by atoms with van der Waals surface area (Å²) < 4.78 is 0. The lowest BCUT2D eigenvalue weighted by Crippen LogP contribution is -2.24. The molecule has 0 saturated carbocycles. The predicted octanol–water partition coefficient (Wildman–Crippen LogP) is 2.91. The first kappa shape index (κ1) is 16.2. The molecule has 0 radical (unpaired) electrons. The van der Waals surface area contributed by atoms with Crippen molar-refractivity contribution in [2.24, 2.45) is 0 Å². The minimum absolute atomic E-state index is 0.0236. The Morgan fingerprint density at radius 1 is 1.21 bits per heavy atom. The maximum absolute atomic E-state index is 12.2. The van der Waals surface area contributed by atoms with Crippen LogP contribution in [0.3, 0.4) is 0 Å². The van der Waals surface area contributed by atoms with Gasteiger partial charge >= 0.3 is 0 Å². The minimum Gasteiger partial charge on any atom is -0.371 e. The van der Waals surface area contributed by atoms with E-state index in [-0.39, 0.29) is 11.9 Å². The molecule has 2 aromatic rings. The molecule has 6 heteroatoms. The first-order valence-corrected chi connectivity index (χ1v) is 8.39. The van der Waals surface area contributed by atoms with Gasteiger partial charge in [0.25, 0.3) is 0 Å². The van der Waals surface area contributed by atoms with Crippen molar-refractivity contribution in [1.29, 1.82) is 0 Å². The summed E-state index contributed by atoms with van der Waals surface area (Å²) in [5.41, 5.74) is 2.02. The summed E-state index contributed by atoms with van der Waals surface area (Å²) in [4.78, 5) is 22.8. The summed E-state index contributed by atoms with van der Waals surface area (Å²) in [5.74, 6) is 0.512. The van der Waals surface area contributed by atoms with Crippen LogP contribution in [0.4, 0.5) is 17.3 Å². The standard InChI is InChI=1S/C18H23N5O/c1-14(21-18-19-8-5-9-20-18)12-17(24)22-15-6-4-7-16(13-15)23-10-2-3-11-23/h4-9,13-14H,2-3,10-12H2,1H3,(H,22,24)(H,19,20,21)/t14-/m0/s1. The first-order chi connectivity index (χ1) is 11.7. The molecule has 126 valence electrons. The minimum atomic E-state index is -0.0471. The van der Waals surface area contributed by atoms with Gasteiger partial charge in [0.05, 0.1) is 0 Å². The van der Waals surface area contributed by atoms with Crippen LogP contribution in [0.25, 0.3) is 0 Å². The van der Waals surface area contributed by atoms with E-state index in [1.807, 2.05) is 25.1 Å². The number of nitrogens with zero attached hydrogens (tertiary/aromatic N) is 3. The van der Waals surface area contributed by atoms with Crippen LogP contribution in [0, 0.1) is 0 Å². The molecule has 1 aromatic heterocycles. The summed E-state index contributed by atoms with van der Waals surface area (Å²) in [5, 5.41) is 6.10. The Morgan fingerprint density at radius 3 is 2.71 bits per heavy atom. The number of rotatable bonds is 6. The first-order valence-electron chi connectivity index (χ1n) is 8.39. The number of amides is 1. The summed E-state index contributed by atoms with van der Waals surface area (Å²) in [6.07, 6.45) is 6.17. The van der Waals surface area contributed by atoms with Gasteiger partial charge in [0.15, 0.2) is 0 Å². The highest BCUT2D eigenvalue weighted by molar-refractivity contribution is 5.91. The Bertz CT molecular complexity index is 670. The van der Waals surface area contributed by atoms with Crippen molar-refractivity contribution in [2.75, 3.05) is 28.6 Å². The average molecular weight is 325 g/mol. The smallest absolute Gasteiger partial charge is 0.226 e. The highest BCUT2D eigenvalue weighted by Gasteiger charge is 2.14. The molecule has 0 bridgehead atoms. The fourth-order valence-electron chi connectivity index (χ4n) is 2.89. The van der Waals surface area contributed by atoms with Crippen LogP contribution in [-0.4, -0.2) is 35.0 Å². The summed E-state index contributed by atoms with van der Waals surface area (Å²) in [6, 6.07) is 9.77. The Labute approximate surface area is 142 Å². The molecule has 0 spiro atoms. The summed E-state index contributed by atoms with van der Waals surface area (Å²) in [7, 11) is 0. The van der Waals surface area contributed by atoms with E-state index in [0.717, 1.165) is 18.8 Å². The molecule has 1 aliphatic rings.